The number of phenols is 2. The molecular formula is C8H6O5. The fraction of sp³-hybridized carbons (Fsp3) is 0.125. The molecule has 0 aliphatic carbocycles. The van der Waals surface area contributed by atoms with Gasteiger partial charge in [0.05, 0.1) is 0 Å². The Kier molecular flexibility index (Phi) is 1.43. The average molecular weight is 182 g/mol. The number of carbonyl (C=O) groups excluding carboxylic acids is 1. The predicted octanol–water partition coefficient (Wildman–Crippen LogP) is 0.259. The van der Waals surface area contributed by atoms with Crippen molar-refractivity contribution >= 4 is 5.97 Å². The second kappa shape index (κ2) is 2.37. The van der Waals surface area contributed by atoms with Gasteiger partial charge in [0.25, 0.3) is 0 Å². The van der Waals surface area contributed by atoms with Crippen molar-refractivity contribution in [2.45, 2.75) is 6.29 Å². The lowest BCUT2D eigenvalue weighted by Gasteiger charge is -2.01. The van der Waals surface area contributed by atoms with Gasteiger partial charge in [0, 0.05) is 5.56 Å². The van der Waals surface area contributed by atoms with Gasteiger partial charge >= 0.3 is 5.97 Å². The number of cyclic esters (lactones) is 1. The number of rotatable bonds is 0. The van der Waals surface area contributed by atoms with E-state index in [1.807, 2.05) is 0 Å². The molecule has 68 valence electrons. The Morgan fingerprint density at radius 3 is 2.69 bits per heavy atom. The Bertz CT molecular complexity index is 384. The van der Waals surface area contributed by atoms with Gasteiger partial charge in [0.2, 0.25) is 6.29 Å². The molecule has 0 radical (unpaired) electrons. The van der Waals surface area contributed by atoms with Gasteiger partial charge in [0.1, 0.15) is 5.56 Å². The average Bonchev–Trinajstić information content (AvgIpc) is 2.35. The molecule has 0 amide bonds. The van der Waals surface area contributed by atoms with Gasteiger partial charge in [-0.1, -0.05) is 0 Å². The molecule has 5 nitrogen and oxygen atoms in total. The van der Waals surface area contributed by atoms with E-state index in [9.17, 15) is 9.90 Å². The van der Waals surface area contributed by atoms with Crippen molar-refractivity contribution < 1.29 is 24.9 Å². The van der Waals surface area contributed by atoms with E-state index in [0.717, 1.165) is 0 Å². The van der Waals surface area contributed by atoms with Crippen LogP contribution in [0.1, 0.15) is 22.2 Å². The molecule has 0 saturated heterocycles. The highest BCUT2D eigenvalue weighted by molar-refractivity contribution is 5.97. The number of fused-ring (bicyclic) bond motifs is 1. The highest BCUT2D eigenvalue weighted by Crippen LogP contribution is 2.39. The van der Waals surface area contributed by atoms with Crippen LogP contribution in [0.25, 0.3) is 0 Å². The van der Waals surface area contributed by atoms with Crippen molar-refractivity contribution in [3.63, 3.8) is 0 Å². The van der Waals surface area contributed by atoms with Crippen molar-refractivity contribution in [1.82, 2.24) is 0 Å². The minimum Gasteiger partial charge on any atom is -0.504 e. The monoisotopic (exact) mass is 182 g/mol. The Labute approximate surface area is 72.8 Å². The number of ether oxygens (including phenoxy) is 1. The molecule has 0 bridgehead atoms. The third kappa shape index (κ3) is 0.940. The van der Waals surface area contributed by atoms with Gasteiger partial charge in [-0.2, -0.15) is 0 Å². The quantitative estimate of drug-likeness (QED) is 0.395. The number of aromatic hydroxyl groups is 2. The van der Waals surface area contributed by atoms with E-state index in [-0.39, 0.29) is 11.1 Å². The summed E-state index contributed by atoms with van der Waals surface area (Å²) in [6.07, 6.45) is -1.35. The Morgan fingerprint density at radius 2 is 2.00 bits per heavy atom. The number of hydrogen-bond acceptors (Lipinski definition) is 5. The number of hydrogen-bond donors (Lipinski definition) is 3. The SMILES string of the molecule is O=C1OC(O)c2ccc(O)c(O)c21. The molecule has 0 aromatic heterocycles. The Hall–Kier alpha value is -1.75. The molecular weight excluding hydrogens is 176 g/mol. The molecule has 1 aliphatic rings. The highest BCUT2D eigenvalue weighted by Gasteiger charge is 2.33. The van der Waals surface area contributed by atoms with Crippen LogP contribution in [0, 0.1) is 0 Å². The summed E-state index contributed by atoms with van der Waals surface area (Å²) < 4.78 is 4.41. The van der Waals surface area contributed by atoms with E-state index in [2.05, 4.69) is 4.74 Å². The number of carbonyl (C=O) groups is 1. The van der Waals surface area contributed by atoms with Crippen LogP contribution >= 0.6 is 0 Å². The minimum atomic E-state index is -1.35. The molecule has 1 aromatic rings. The smallest absolute Gasteiger partial charge is 0.345 e. The van der Waals surface area contributed by atoms with Gasteiger partial charge < -0.3 is 20.1 Å². The summed E-state index contributed by atoms with van der Waals surface area (Å²) in [6.45, 7) is 0. The first kappa shape index (κ1) is 7.88. The molecule has 1 atom stereocenters. The van der Waals surface area contributed by atoms with Crippen LogP contribution in [-0.2, 0) is 4.74 Å². The number of phenolic OH excluding ortho intramolecular Hbond substituents is 2. The molecule has 5 heteroatoms. The summed E-state index contributed by atoms with van der Waals surface area (Å²) >= 11 is 0. The van der Waals surface area contributed by atoms with E-state index >= 15 is 0 Å². The van der Waals surface area contributed by atoms with Crippen LogP contribution in [0.3, 0.4) is 0 Å². The van der Waals surface area contributed by atoms with Crippen molar-refractivity contribution in [2.75, 3.05) is 0 Å². The summed E-state index contributed by atoms with van der Waals surface area (Å²) in [5.41, 5.74) is -0.00667. The molecule has 1 unspecified atom stereocenters. The van der Waals surface area contributed by atoms with Crippen molar-refractivity contribution in [3.8, 4) is 11.5 Å². The maximum Gasteiger partial charge on any atom is 0.345 e. The van der Waals surface area contributed by atoms with E-state index in [1.165, 1.54) is 12.1 Å². The maximum atomic E-state index is 11.0. The highest BCUT2D eigenvalue weighted by atomic mass is 16.6. The zero-order valence-electron chi connectivity index (χ0n) is 6.39. The fourth-order valence-electron chi connectivity index (χ4n) is 1.24. The summed E-state index contributed by atoms with van der Waals surface area (Å²) in [5.74, 6) is -1.81. The predicted molar refractivity (Wildman–Crippen MR) is 40.1 cm³/mol. The van der Waals surface area contributed by atoms with E-state index in [0.29, 0.717) is 0 Å². The van der Waals surface area contributed by atoms with Crippen LogP contribution in [0.4, 0.5) is 0 Å². The van der Waals surface area contributed by atoms with E-state index in [4.69, 9.17) is 10.2 Å². The van der Waals surface area contributed by atoms with Gasteiger partial charge in [-0.15, -0.1) is 0 Å². The molecule has 1 aliphatic heterocycles. The van der Waals surface area contributed by atoms with E-state index < -0.39 is 23.8 Å². The summed E-state index contributed by atoms with van der Waals surface area (Å²) in [7, 11) is 0. The third-order valence-corrected chi connectivity index (χ3v) is 1.88. The van der Waals surface area contributed by atoms with Gasteiger partial charge in [-0.3, -0.25) is 0 Å². The van der Waals surface area contributed by atoms with Crippen LogP contribution in [0.15, 0.2) is 12.1 Å². The number of aliphatic hydroxyl groups is 1. The normalized spacial score (nSPS) is 19.8. The lowest BCUT2D eigenvalue weighted by atomic mass is 10.1. The van der Waals surface area contributed by atoms with Crippen LogP contribution < -0.4 is 0 Å². The Balaban J connectivity index is 2.71. The first-order chi connectivity index (χ1) is 6.11. The number of esters is 1. The standard InChI is InChI=1S/C8H6O5/c9-4-2-1-3-5(6(4)10)8(12)13-7(3)11/h1-2,7,9-11H. The molecule has 1 aromatic carbocycles. The van der Waals surface area contributed by atoms with Crippen LogP contribution in [0.2, 0.25) is 0 Å². The van der Waals surface area contributed by atoms with Gasteiger partial charge in [-0.25, -0.2) is 4.79 Å². The van der Waals surface area contributed by atoms with Crippen LogP contribution in [-0.4, -0.2) is 21.3 Å². The lowest BCUT2D eigenvalue weighted by Crippen LogP contribution is -1.96. The minimum absolute atomic E-state index is 0.167. The van der Waals surface area contributed by atoms with Crippen molar-refractivity contribution in [3.05, 3.63) is 23.3 Å². The first-order valence-corrected chi connectivity index (χ1v) is 3.55. The summed E-state index contributed by atoms with van der Waals surface area (Å²) in [6, 6.07) is 2.50. The van der Waals surface area contributed by atoms with Gasteiger partial charge in [-0.05, 0) is 12.1 Å². The van der Waals surface area contributed by atoms with Crippen molar-refractivity contribution in [1.29, 1.82) is 0 Å². The molecule has 3 N–H and O–H groups in total. The molecule has 0 saturated carbocycles. The second-order valence-corrected chi connectivity index (χ2v) is 2.66. The third-order valence-electron chi connectivity index (χ3n) is 1.88. The van der Waals surface area contributed by atoms with Crippen LogP contribution in [0.5, 0.6) is 11.5 Å². The second-order valence-electron chi connectivity index (χ2n) is 2.66. The first-order valence-electron chi connectivity index (χ1n) is 3.55. The number of benzene rings is 1. The van der Waals surface area contributed by atoms with E-state index in [1.54, 1.807) is 0 Å². The van der Waals surface area contributed by atoms with Gasteiger partial charge in [0.15, 0.2) is 11.5 Å². The molecule has 13 heavy (non-hydrogen) atoms. The largest absolute Gasteiger partial charge is 0.504 e. The topological polar surface area (TPSA) is 87.0 Å². The molecule has 0 spiro atoms. The summed E-state index contributed by atoms with van der Waals surface area (Å²) in [5, 5.41) is 27.4. The molecule has 0 fully saturated rings. The molecule has 2 rings (SSSR count). The number of aliphatic hydroxyl groups excluding tert-OH is 1. The van der Waals surface area contributed by atoms with Crippen molar-refractivity contribution in [2.24, 2.45) is 0 Å². The molecule has 1 heterocycles. The lowest BCUT2D eigenvalue weighted by molar-refractivity contribution is -0.0547. The summed E-state index contributed by atoms with van der Waals surface area (Å²) in [4.78, 5) is 11.0. The fourth-order valence-corrected chi connectivity index (χ4v) is 1.24. The zero-order chi connectivity index (χ0) is 9.59. The Morgan fingerprint density at radius 1 is 1.31 bits per heavy atom. The maximum absolute atomic E-state index is 11.0. The zero-order valence-corrected chi connectivity index (χ0v) is 6.39.